The van der Waals surface area contributed by atoms with Gasteiger partial charge in [0.2, 0.25) is 0 Å². The first-order chi connectivity index (χ1) is 16.8. The van der Waals surface area contributed by atoms with Gasteiger partial charge in [0.05, 0.1) is 40.2 Å². The van der Waals surface area contributed by atoms with Crippen molar-refractivity contribution in [3.05, 3.63) is 36.9 Å². The molecule has 5 heterocycles. The topological polar surface area (TPSA) is 144 Å². The molecule has 4 aromatic rings. The average Bonchev–Trinajstić information content (AvgIpc) is 3.44. The molecule has 12 nitrogen and oxygen atoms in total. The predicted octanol–water partition coefficient (Wildman–Crippen LogP) is 1.93. The van der Waals surface area contributed by atoms with Crippen LogP contribution in [0.1, 0.15) is 32.7 Å². The van der Waals surface area contributed by atoms with E-state index < -0.39 is 10.0 Å². The van der Waals surface area contributed by atoms with Crippen LogP contribution in [0.3, 0.4) is 0 Å². The molecule has 0 amide bonds. The van der Waals surface area contributed by atoms with Crippen molar-refractivity contribution in [1.29, 1.82) is 0 Å². The monoisotopic (exact) mass is 495 g/mol. The van der Waals surface area contributed by atoms with Crippen LogP contribution in [0.15, 0.2) is 36.9 Å². The fourth-order valence-corrected chi connectivity index (χ4v) is 5.59. The lowest BCUT2D eigenvalue weighted by atomic mass is 10.1. The minimum Gasteiger partial charge on any atom is -0.389 e. The third kappa shape index (κ3) is 3.90. The van der Waals surface area contributed by atoms with Crippen molar-refractivity contribution in [2.24, 2.45) is 0 Å². The van der Waals surface area contributed by atoms with Crippen LogP contribution in [0.2, 0.25) is 0 Å². The number of aliphatic hydroxyl groups is 1. The van der Waals surface area contributed by atoms with E-state index in [1.807, 2.05) is 15.6 Å². The van der Waals surface area contributed by atoms with Gasteiger partial charge in [0.25, 0.3) is 10.0 Å². The zero-order valence-corrected chi connectivity index (χ0v) is 20.1. The Morgan fingerprint density at radius 1 is 1.14 bits per heavy atom. The Hall–Kier alpha value is -3.58. The van der Waals surface area contributed by atoms with E-state index in [2.05, 4.69) is 39.2 Å². The summed E-state index contributed by atoms with van der Waals surface area (Å²) in [4.78, 5) is 15.4. The Labute approximate surface area is 201 Å². The van der Waals surface area contributed by atoms with E-state index in [-0.39, 0.29) is 17.4 Å². The molecule has 1 aliphatic heterocycles. The standard InChI is InChI=1S/C22H25N9O3S/c1-13(2)31-18-7-20(24-9-17(18)22(28-31)29-11-15(32)12-29)26-19-5-6-23-21(27-19)14-8-25-30(10-14)35(33,34)16-3-4-16/h5-10,13,15-16,32H,3-4,11-12H2,1-2H3,(H,23,24,26,27). The Kier molecular flexibility index (Phi) is 5.00. The molecule has 0 aromatic carbocycles. The smallest absolute Gasteiger partial charge is 0.256 e. The first kappa shape index (κ1) is 21.9. The molecule has 0 spiro atoms. The number of anilines is 3. The fourth-order valence-electron chi connectivity index (χ4n) is 4.12. The Bertz CT molecular complexity index is 1520. The van der Waals surface area contributed by atoms with Crippen LogP contribution in [0.25, 0.3) is 22.3 Å². The molecule has 1 saturated heterocycles. The quantitative estimate of drug-likeness (QED) is 0.390. The molecule has 4 aromatic heterocycles. The van der Waals surface area contributed by atoms with Gasteiger partial charge in [-0.1, -0.05) is 0 Å². The van der Waals surface area contributed by atoms with Gasteiger partial charge in [0, 0.05) is 37.6 Å². The van der Waals surface area contributed by atoms with Crippen LogP contribution in [-0.2, 0) is 10.0 Å². The number of hydrogen-bond donors (Lipinski definition) is 2. The van der Waals surface area contributed by atoms with E-state index in [1.54, 1.807) is 18.5 Å². The Morgan fingerprint density at radius 3 is 2.66 bits per heavy atom. The molecule has 0 unspecified atom stereocenters. The number of nitrogens with one attached hydrogen (secondary N) is 1. The second kappa shape index (κ2) is 7.99. The van der Waals surface area contributed by atoms with Crippen molar-refractivity contribution in [2.45, 2.75) is 44.1 Å². The molecule has 0 radical (unpaired) electrons. The van der Waals surface area contributed by atoms with Gasteiger partial charge in [0.15, 0.2) is 11.6 Å². The molecule has 0 bridgehead atoms. The number of fused-ring (bicyclic) bond motifs is 1. The molecule has 1 saturated carbocycles. The SMILES string of the molecule is CC(C)n1nc(N2CC(O)C2)c2cnc(Nc3ccnc(-c4cnn(S(=O)(=O)C5CC5)c4)n3)cc21. The molecule has 2 aliphatic rings. The molecule has 2 fully saturated rings. The number of pyridine rings is 1. The summed E-state index contributed by atoms with van der Waals surface area (Å²) >= 11 is 0. The van der Waals surface area contributed by atoms with Gasteiger partial charge in [-0.25, -0.2) is 23.4 Å². The summed E-state index contributed by atoms with van der Waals surface area (Å²) in [7, 11) is -3.45. The number of nitrogens with zero attached hydrogens (tertiary/aromatic N) is 8. The van der Waals surface area contributed by atoms with Crippen molar-refractivity contribution in [3.63, 3.8) is 0 Å². The predicted molar refractivity (Wildman–Crippen MR) is 130 cm³/mol. The maximum Gasteiger partial charge on any atom is 0.256 e. The number of β-amino-alcohol motifs (C(OH)–C–C–N with tert-alkyl or cyclic N) is 1. The van der Waals surface area contributed by atoms with Gasteiger partial charge < -0.3 is 15.3 Å². The van der Waals surface area contributed by atoms with Crippen molar-refractivity contribution in [3.8, 4) is 11.4 Å². The van der Waals surface area contributed by atoms with E-state index in [4.69, 9.17) is 5.10 Å². The molecule has 0 atom stereocenters. The highest BCUT2D eigenvalue weighted by atomic mass is 32.2. The maximum absolute atomic E-state index is 12.4. The lowest BCUT2D eigenvalue weighted by molar-refractivity contribution is 0.141. The summed E-state index contributed by atoms with van der Waals surface area (Å²) in [6.07, 6.45) is 7.30. The van der Waals surface area contributed by atoms with Gasteiger partial charge in [-0.2, -0.15) is 14.3 Å². The summed E-state index contributed by atoms with van der Waals surface area (Å²) in [6, 6.07) is 3.78. The zero-order valence-electron chi connectivity index (χ0n) is 19.3. The summed E-state index contributed by atoms with van der Waals surface area (Å²) in [5.74, 6) is 2.28. The zero-order chi connectivity index (χ0) is 24.3. The lowest BCUT2D eigenvalue weighted by Crippen LogP contribution is -2.51. The molecule has 13 heteroatoms. The highest BCUT2D eigenvalue weighted by Gasteiger charge is 2.37. The van der Waals surface area contributed by atoms with E-state index in [0.29, 0.717) is 49.0 Å². The van der Waals surface area contributed by atoms with Crippen molar-refractivity contribution < 1.29 is 13.5 Å². The second-order valence-electron chi connectivity index (χ2n) is 9.24. The molecule has 182 valence electrons. The number of hydrogen-bond acceptors (Lipinski definition) is 10. The van der Waals surface area contributed by atoms with Crippen LogP contribution in [0.4, 0.5) is 17.5 Å². The van der Waals surface area contributed by atoms with Gasteiger partial charge in [-0.15, -0.1) is 0 Å². The second-order valence-corrected chi connectivity index (χ2v) is 11.3. The van der Waals surface area contributed by atoms with E-state index in [9.17, 15) is 13.5 Å². The fraction of sp³-hybridized carbons (Fsp3) is 0.409. The third-order valence-corrected chi connectivity index (χ3v) is 8.19. The largest absolute Gasteiger partial charge is 0.389 e. The molecule has 1 aliphatic carbocycles. The first-order valence-corrected chi connectivity index (χ1v) is 13.0. The number of aromatic nitrogens is 7. The lowest BCUT2D eigenvalue weighted by Gasteiger charge is -2.36. The van der Waals surface area contributed by atoms with Crippen LogP contribution < -0.4 is 10.2 Å². The number of rotatable bonds is 7. The number of aliphatic hydroxyl groups excluding tert-OH is 1. The summed E-state index contributed by atoms with van der Waals surface area (Å²) in [5, 5.41) is 22.3. The molecular weight excluding hydrogens is 470 g/mol. The molecule has 2 N–H and O–H groups in total. The van der Waals surface area contributed by atoms with Gasteiger partial charge in [-0.3, -0.25) is 4.68 Å². The van der Waals surface area contributed by atoms with E-state index >= 15 is 0 Å². The van der Waals surface area contributed by atoms with Crippen molar-refractivity contribution in [1.82, 2.24) is 33.9 Å². The molecule has 35 heavy (non-hydrogen) atoms. The Balaban J connectivity index is 1.28. The summed E-state index contributed by atoms with van der Waals surface area (Å²) in [6.45, 7) is 5.25. The van der Waals surface area contributed by atoms with Crippen LogP contribution in [-0.4, -0.2) is 71.9 Å². The maximum atomic E-state index is 12.4. The van der Waals surface area contributed by atoms with Crippen LogP contribution in [0.5, 0.6) is 0 Å². The van der Waals surface area contributed by atoms with Gasteiger partial charge in [-0.05, 0) is 32.8 Å². The van der Waals surface area contributed by atoms with Gasteiger partial charge >= 0.3 is 0 Å². The van der Waals surface area contributed by atoms with Crippen LogP contribution in [0, 0.1) is 0 Å². The minimum absolute atomic E-state index is 0.141. The molecular formula is C22H25N9O3S. The van der Waals surface area contributed by atoms with E-state index in [1.165, 1.54) is 12.4 Å². The first-order valence-electron chi connectivity index (χ1n) is 11.5. The van der Waals surface area contributed by atoms with Gasteiger partial charge in [0.1, 0.15) is 11.6 Å². The Morgan fingerprint density at radius 2 is 1.94 bits per heavy atom. The van der Waals surface area contributed by atoms with E-state index in [0.717, 1.165) is 20.8 Å². The summed E-state index contributed by atoms with van der Waals surface area (Å²) < 4.78 is 27.8. The highest BCUT2D eigenvalue weighted by Crippen LogP contribution is 2.33. The van der Waals surface area contributed by atoms with Crippen molar-refractivity contribution >= 4 is 38.4 Å². The molecule has 6 rings (SSSR count). The summed E-state index contributed by atoms with van der Waals surface area (Å²) in [5.41, 5.74) is 1.44. The third-order valence-electron chi connectivity index (χ3n) is 6.16. The highest BCUT2D eigenvalue weighted by molar-refractivity contribution is 7.90. The average molecular weight is 496 g/mol. The minimum atomic E-state index is -3.45. The van der Waals surface area contributed by atoms with Crippen molar-refractivity contribution in [2.75, 3.05) is 23.3 Å². The van der Waals surface area contributed by atoms with Crippen LogP contribution >= 0.6 is 0 Å². The normalized spacial score (nSPS) is 16.7.